The van der Waals surface area contributed by atoms with Gasteiger partial charge in [0.2, 0.25) is 0 Å². The number of aromatic nitrogens is 5. The van der Waals surface area contributed by atoms with E-state index in [-0.39, 0.29) is 10.6 Å². The lowest BCUT2D eigenvalue weighted by Crippen LogP contribution is -2.19. The molecule has 0 fully saturated rings. The molecule has 1 atom stereocenters. The Labute approximate surface area is 179 Å². The van der Waals surface area contributed by atoms with E-state index in [2.05, 4.69) is 19.5 Å². The maximum Gasteiger partial charge on any atom is 0.328 e. The molecule has 1 aliphatic rings. The summed E-state index contributed by atoms with van der Waals surface area (Å²) in [6.07, 6.45) is 3.62. The lowest BCUT2D eigenvalue weighted by molar-refractivity contribution is 0.456. The van der Waals surface area contributed by atoms with Gasteiger partial charge in [0.05, 0.1) is 15.9 Å². The number of anilines is 1. The fourth-order valence-corrected chi connectivity index (χ4v) is 5.30. The number of fused-ring (bicyclic) bond motifs is 2. The van der Waals surface area contributed by atoms with Gasteiger partial charge in [0, 0.05) is 38.7 Å². The van der Waals surface area contributed by atoms with Crippen molar-refractivity contribution in [3.63, 3.8) is 0 Å². The van der Waals surface area contributed by atoms with Crippen LogP contribution in [-0.4, -0.2) is 32.3 Å². The number of sulfonamides is 1. The Bertz CT molecular complexity index is 1450. The zero-order valence-electron chi connectivity index (χ0n) is 17.2. The molecule has 9 nitrogen and oxygen atoms in total. The summed E-state index contributed by atoms with van der Waals surface area (Å²) in [5.41, 5.74) is 2.69. The second-order valence-electron chi connectivity index (χ2n) is 7.91. The van der Waals surface area contributed by atoms with Gasteiger partial charge in [-0.3, -0.25) is 13.9 Å². The van der Waals surface area contributed by atoms with Gasteiger partial charge in [-0.25, -0.2) is 13.2 Å². The maximum atomic E-state index is 12.9. The van der Waals surface area contributed by atoms with E-state index in [0.29, 0.717) is 22.6 Å². The Morgan fingerprint density at radius 3 is 2.55 bits per heavy atom. The Balaban J connectivity index is 1.37. The first-order valence-corrected chi connectivity index (χ1v) is 11.5. The predicted octanol–water partition coefficient (Wildman–Crippen LogP) is 2.00. The highest BCUT2D eigenvalue weighted by Gasteiger charge is 2.22. The highest BCUT2D eigenvalue weighted by molar-refractivity contribution is 7.92. The number of hydrogen-bond acceptors (Lipinski definition) is 5. The SMILES string of the molecule is Cn1c(=O)n(C)c2cc(S(=O)(=O)Nc3ccc([C@H]4CCc5nncn5C4)cc3)ccc21. The van der Waals surface area contributed by atoms with Gasteiger partial charge in [-0.2, -0.15) is 0 Å². The van der Waals surface area contributed by atoms with Crippen molar-refractivity contribution < 1.29 is 8.42 Å². The average molecular weight is 439 g/mol. The van der Waals surface area contributed by atoms with Gasteiger partial charge in [0.25, 0.3) is 10.0 Å². The zero-order valence-corrected chi connectivity index (χ0v) is 18.0. The Kier molecular flexibility index (Phi) is 4.47. The Hall–Kier alpha value is -3.40. The third kappa shape index (κ3) is 3.32. The molecular weight excluding hydrogens is 416 g/mol. The minimum atomic E-state index is -3.79. The van der Waals surface area contributed by atoms with Crippen LogP contribution >= 0.6 is 0 Å². The average Bonchev–Trinajstić information content (AvgIpc) is 3.32. The van der Waals surface area contributed by atoms with Gasteiger partial charge in [0.15, 0.2) is 0 Å². The topological polar surface area (TPSA) is 104 Å². The van der Waals surface area contributed by atoms with Gasteiger partial charge < -0.3 is 4.57 Å². The number of nitrogens with zero attached hydrogens (tertiary/aromatic N) is 5. The molecule has 5 rings (SSSR count). The van der Waals surface area contributed by atoms with Crippen LogP contribution in [0, 0.1) is 0 Å². The van der Waals surface area contributed by atoms with Crippen molar-refractivity contribution in [2.45, 2.75) is 30.2 Å². The summed E-state index contributed by atoms with van der Waals surface area (Å²) in [4.78, 5) is 12.2. The normalized spacial score (nSPS) is 16.4. The molecule has 160 valence electrons. The van der Waals surface area contributed by atoms with E-state index in [4.69, 9.17) is 0 Å². The molecule has 2 aromatic carbocycles. The van der Waals surface area contributed by atoms with E-state index in [1.54, 1.807) is 38.6 Å². The molecule has 0 aliphatic carbocycles. The lowest BCUT2D eigenvalue weighted by atomic mass is 9.91. The molecule has 3 heterocycles. The van der Waals surface area contributed by atoms with Crippen LogP contribution in [0.1, 0.15) is 23.7 Å². The summed E-state index contributed by atoms with van der Waals surface area (Å²) in [5, 5.41) is 8.08. The number of benzene rings is 2. The van der Waals surface area contributed by atoms with Crippen molar-refractivity contribution in [1.82, 2.24) is 23.9 Å². The second kappa shape index (κ2) is 7.09. The fraction of sp³-hybridized carbons (Fsp3) is 0.286. The van der Waals surface area contributed by atoms with Gasteiger partial charge in [-0.1, -0.05) is 12.1 Å². The number of aryl methyl sites for hydroxylation is 3. The largest absolute Gasteiger partial charge is 0.328 e. The highest BCUT2D eigenvalue weighted by Crippen LogP contribution is 2.29. The summed E-state index contributed by atoms with van der Waals surface area (Å²) in [7, 11) is -0.503. The van der Waals surface area contributed by atoms with Crippen LogP contribution in [0.3, 0.4) is 0 Å². The Morgan fingerprint density at radius 1 is 1.03 bits per heavy atom. The van der Waals surface area contributed by atoms with Crippen LogP contribution in [0.15, 0.2) is 58.5 Å². The standard InChI is InChI=1S/C21H22N6O3S/c1-25-18-9-8-17(11-19(18)26(2)21(25)28)31(29,30)24-16-6-3-14(4-7-16)15-5-10-20-23-22-13-27(20)12-15/h3-4,6-9,11,13,15,24H,5,10,12H2,1-2H3/t15-/m0/s1. The summed E-state index contributed by atoms with van der Waals surface area (Å²) < 4.78 is 33.5. The molecule has 10 heteroatoms. The number of imidazole rings is 1. The number of rotatable bonds is 4. The molecule has 0 saturated heterocycles. The molecule has 0 amide bonds. The second-order valence-corrected chi connectivity index (χ2v) is 9.60. The summed E-state index contributed by atoms with van der Waals surface area (Å²) in [6, 6.07) is 12.2. The molecule has 0 spiro atoms. The molecule has 0 unspecified atom stereocenters. The molecule has 2 aromatic heterocycles. The van der Waals surface area contributed by atoms with Crippen LogP contribution in [0.5, 0.6) is 0 Å². The van der Waals surface area contributed by atoms with Crippen molar-refractivity contribution in [3.05, 3.63) is 70.7 Å². The molecule has 0 radical (unpaired) electrons. The lowest BCUT2D eigenvalue weighted by Gasteiger charge is -2.23. The third-order valence-corrected chi connectivity index (χ3v) is 7.40. The molecule has 1 N–H and O–H groups in total. The van der Waals surface area contributed by atoms with Crippen LogP contribution in [-0.2, 0) is 37.1 Å². The van der Waals surface area contributed by atoms with Crippen molar-refractivity contribution >= 4 is 26.7 Å². The minimum Gasteiger partial charge on any atom is -0.317 e. The van der Waals surface area contributed by atoms with Gasteiger partial charge >= 0.3 is 5.69 Å². The smallest absolute Gasteiger partial charge is 0.317 e. The summed E-state index contributed by atoms with van der Waals surface area (Å²) >= 11 is 0. The van der Waals surface area contributed by atoms with Crippen LogP contribution in [0.2, 0.25) is 0 Å². The van der Waals surface area contributed by atoms with Gasteiger partial charge in [0.1, 0.15) is 12.2 Å². The van der Waals surface area contributed by atoms with E-state index in [1.807, 2.05) is 12.1 Å². The van der Waals surface area contributed by atoms with Crippen LogP contribution in [0.4, 0.5) is 5.69 Å². The molecule has 0 bridgehead atoms. The highest BCUT2D eigenvalue weighted by atomic mass is 32.2. The fourth-order valence-electron chi connectivity index (χ4n) is 4.22. The number of nitrogens with one attached hydrogen (secondary N) is 1. The first-order chi connectivity index (χ1) is 14.8. The summed E-state index contributed by atoms with van der Waals surface area (Å²) in [5.74, 6) is 1.35. The maximum absolute atomic E-state index is 12.9. The predicted molar refractivity (Wildman–Crippen MR) is 116 cm³/mol. The van der Waals surface area contributed by atoms with E-state index in [1.165, 1.54) is 21.3 Å². The zero-order chi connectivity index (χ0) is 21.8. The van der Waals surface area contributed by atoms with Gasteiger partial charge in [-0.05, 0) is 42.3 Å². The molecule has 0 saturated carbocycles. The van der Waals surface area contributed by atoms with Gasteiger partial charge in [-0.15, -0.1) is 10.2 Å². The molecular formula is C21H22N6O3S. The third-order valence-electron chi connectivity index (χ3n) is 6.02. The molecule has 31 heavy (non-hydrogen) atoms. The van der Waals surface area contributed by atoms with Crippen molar-refractivity contribution in [2.24, 2.45) is 14.1 Å². The summed E-state index contributed by atoms with van der Waals surface area (Å²) in [6.45, 7) is 0.823. The van der Waals surface area contributed by atoms with E-state index < -0.39 is 10.0 Å². The first kappa shape index (κ1) is 19.6. The van der Waals surface area contributed by atoms with E-state index in [9.17, 15) is 13.2 Å². The molecule has 1 aliphatic heterocycles. The first-order valence-electron chi connectivity index (χ1n) is 9.98. The van der Waals surface area contributed by atoms with Crippen molar-refractivity contribution in [3.8, 4) is 0 Å². The molecule has 4 aromatic rings. The van der Waals surface area contributed by atoms with Crippen LogP contribution < -0.4 is 10.4 Å². The number of hydrogen-bond donors (Lipinski definition) is 1. The quantitative estimate of drug-likeness (QED) is 0.525. The van der Waals surface area contributed by atoms with Crippen LogP contribution in [0.25, 0.3) is 11.0 Å². The Morgan fingerprint density at radius 2 is 1.77 bits per heavy atom. The monoisotopic (exact) mass is 438 g/mol. The van der Waals surface area contributed by atoms with Crippen molar-refractivity contribution in [1.29, 1.82) is 0 Å². The van der Waals surface area contributed by atoms with Crippen molar-refractivity contribution in [2.75, 3.05) is 4.72 Å². The minimum absolute atomic E-state index is 0.109. The van der Waals surface area contributed by atoms with E-state index >= 15 is 0 Å². The van der Waals surface area contributed by atoms with E-state index in [0.717, 1.165) is 30.8 Å².